The van der Waals surface area contributed by atoms with Crippen molar-refractivity contribution in [1.82, 2.24) is 0 Å². The summed E-state index contributed by atoms with van der Waals surface area (Å²) in [6, 6.07) is 9.45. The van der Waals surface area contributed by atoms with E-state index in [0.717, 1.165) is 18.4 Å². The maximum atomic E-state index is 15.2. The fourth-order valence-electron chi connectivity index (χ4n) is 3.64. The highest BCUT2D eigenvalue weighted by molar-refractivity contribution is 5.50. The van der Waals surface area contributed by atoms with Crippen LogP contribution in [0.4, 0.5) is 8.78 Å². The molecule has 0 spiro atoms. The SMILES string of the molecule is CCCCCCCCCCCC1(F)C=CC(C#Cc2ccccc2)=C(OC)C1F. The van der Waals surface area contributed by atoms with E-state index in [1.807, 2.05) is 30.3 Å². The zero-order valence-electron chi connectivity index (χ0n) is 17.9. The Hall–Kier alpha value is -2.08. The molecule has 0 radical (unpaired) electrons. The van der Waals surface area contributed by atoms with E-state index in [1.165, 1.54) is 51.7 Å². The summed E-state index contributed by atoms with van der Waals surface area (Å²) < 4.78 is 35.4. The van der Waals surface area contributed by atoms with Gasteiger partial charge in [-0.3, -0.25) is 0 Å². The van der Waals surface area contributed by atoms with E-state index >= 15 is 4.39 Å². The highest BCUT2D eigenvalue weighted by Crippen LogP contribution is 2.37. The fraction of sp³-hybridized carbons (Fsp3) is 0.538. The first-order valence-corrected chi connectivity index (χ1v) is 11.0. The monoisotopic (exact) mass is 400 g/mol. The Labute approximate surface area is 175 Å². The van der Waals surface area contributed by atoms with Gasteiger partial charge in [0.1, 0.15) is 5.76 Å². The Balaban J connectivity index is 1.85. The minimum absolute atomic E-state index is 0.00523. The first-order valence-electron chi connectivity index (χ1n) is 11.0. The molecule has 0 amide bonds. The number of benzene rings is 1. The second-order valence-electron chi connectivity index (χ2n) is 7.80. The smallest absolute Gasteiger partial charge is 0.195 e. The number of halogens is 2. The molecular weight excluding hydrogens is 366 g/mol. The van der Waals surface area contributed by atoms with E-state index in [4.69, 9.17) is 4.74 Å². The zero-order valence-corrected chi connectivity index (χ0v) is 17.9. The molecule has 158 valence electrons. The summed E-state index contributed by atoms with van der Waals surface area (Å²) in [5.74, 6) is 5.90. The fourth-order valence-corrected chi connectivity index (χ4v) is 3.64. The van der Waals surface area contributed by atoms with E-state index in [0.29, 0.717) is 12.0 Å². The van der Waals surface area contributed by atoms with Crippen LogP contribution in [0.1, 0.15) is 76.7 Å². The topological polar surface area (TPSA) is 9.23 Å². The maximum absolute atomic E-state index is 15.2. The minimum Gasteiger partial charge on any atom is -0.497 e. The maximum Gasteiger partial charge on any atom is 0.195 e. The van der Waals surface area contributed by atoms with E-state index in [-0.39, 0.29) is 12.2 Å². The summed E-state index contributed by atoms with van der Waals surface area (Å²) in [5, 5.41) is 0. The van der Waals surface area contributed by atoms with Crippen LogP contribution in [0.25, 0.3) is 0 Å². The number of hydrogen-bond donors (Lipinski definition) is 0. The molecule has 1 aliphatic rings. The molecule has 0 bridgehead atoms. The lowest BCUT2D eigenvalue weighted by Gasteiger charge is -2.30. The Morgan fingerprint density at radius 1 is 0.931 bits per heavy atom. The summed E-state index contributed by atoms with van der Waals surface area (Å²) in [6.07, 6.45) is 11.5. The summed E-state index contributed by atoms with van der Waals surface area (Å²) in [6.45, 7) is 2.22. The predicted molar refractivity (Wildman–Crippen MR) is 117 cm³/mol. The number of rotatable bonds is 11. The van der Waals surface area contributed by atoms with Crippen LogP contribution in [0.2, 0.25) is 0 Å². The van der Waals surface area contributed by atoms with Crippen molar-refractivity contribution < 1.29 is 13.5 Å². The van der Waals surface area contributed by atoms with Gasteiger partial charge in [-0.2, -0.15) is 0 Å². The molecule has 1 nitrogen and oxygen atoms in total. The summed E-state index contributed by atoms with van der Waals surface area (Å²) in [7, 11) is 1.38. The molecule has 0 saturated heterocycles. The standard InChI is InChI=1S/C26H34F2O/c1-3-4-5-6-7-8-9-10-14-20-26(28)21-19-23(24(29-2)25(26)27)18-17-22-15-12-11-13-16-22/h11-13,15-16,19,21,25H,3-10,14,20H2,1-2H3. The van der Waals surface area contributed by atoms with Crippen molar-refractivity contribution in [1.29, 1.82) is 0 Å². The number of methoxy groups -OCH3 is 1. The molecule has 2 unspecified atom stereocenters. The van der Waals surface area contributed by atoms with Crippen LogP contribution < -0.4 is 0 Å². The van der Waals surface area contributed by atoms with E-state index < -0.39 is 11.8 Å². The number of allylic oxidation sites excluding steroid dienone is 4. The van der Waals surface area contributed by atoms with Gasteiger partial charge in [0, 0.05) is 5.56 Å². The van der Waals surface area contributed by atoms with Crippen LogP contribution in [-0.4, -0.2) is 19.0 Å². The van der Waals surface area contributed by atoms with Crippen molar-refractivity contribution in [3.05, 3.63) is 59.4 Å². The first kappa shape index (κ1) is 23.2. The number of hydrogen-bond acceptors (Lipinski definition) is 1. The van der Waals surface area contributed by atoms with Crippen molar-refractivity contribution in [2.75, 3.05) is 7.11 Å². The molecule has 0 heterocycles. The summed E-state index contributed by atoms with van der Waals surface area (Å²) >= 11 is 0. The van der Waals surface area contributed by atoms with Crippen molar-refractivity contribution in [3.8, 4) is 11.8 Å². The third-order valence-corrected chi connectivity index (χ3v) is 5.44. The van der Waals surface area contributed by atoms with Crippen LogP contribution in [-0.2, 0) is 4.74 Å². The van der Waals surface area contributed by atoms with Gasteiger partial charge in [-0.25, -0.2) is 8.78 Å². The van der Waals surface area contributed by atoms with Crippen molar-refractivity contribution in [2.45, 2.75) is 83.0 Å². The highest BCUT2D eigenvalue weighted by atomic mass is 19.2. The van der Waals surface area contributed by atoms with Crippen LogP contribution >= 0.6 is 0 Å². The molecule has 0 aromatic heterocycles. The quantitative estimate of drug-likeness (QED) is 0.276. The van der Waals surface area contributed by atoms with Gasteiger partial charge in [-0.05, 0) is 37.1 Å². The molecule has 0 aliphatic heterocycles. The number of unbranched alkanes of at least 4 members (excludes halogenated alkanes) is 8. The van der Waals surface area contributed by atoms with Crippen LogP contribution in [0.15, 0.2) is 53.8 Å². The summed E-state index contributed by atoms with van der Waals surface area (Å²) in [5.41, 5.74) is -0.778. The molecule has 1 aromatic carbocycles. The first-order chi connectivity index (χ1) is 14.1. The normalized spacial score (nSPS) is 21.0. The van der Waals surface area contributed by atoms with Gasteiger partial charge in [0.15, 0.2) is 11.8 Å². The minimum atomic E-state index is -2.01. The lowest BCUT2D eigenvalue weighted by molar-refractivity contribution is 0.0620. The average Bonchev–Trinajstić information content (AvgIpc) is 2.74. The predicted octanol–water partition coefficient (Wildman–Crippen LogP) is 7.48. The Kier molecular flexibility index (Phi) is 9.98. The molecule has 0 fully saturated rings. The van der Waals surface area contributed by atoms with Gasteiger partial charge in [0.2, 0.25) is 0 Å². The Bertz CT molecular complexity index is 726. The lowest BCUT2D eigenvalue weighted by atomic mass is 9.86. The van der Waals surface area contributed by atoms with Crippen molar-refractivity contribution in [2.24, 2.45) is 0 Å². The second-order valence-corrected chi connectivity index (χ2v) is 7.80. The lowest BCUT2D eigenvalue weighted by Crippen LogP contribution is -2.37. The molecule has 1 aromatic rings. The Morgan fingerprint density at radius 3 is 2.17 bits per heavy atom. The molecule has 0 N–H and O–H groups in total. The van der Waals surface area contributed by atoms with E-state index in [9.17, 15) is 4.39 Å². The third kappa shape index (κ3) is 7.35. The van der Waals surface area contributed by atoms with Crippen molar-refractivity contribution >= 4 is 0 Å². The zero-order chi connectivity index (χ0) is 21.0. The molecule has 0 saturated carbocycles. The number of alkyl halides is 2. The van der Waals surface area contributed by atoms with Gasteiger partial charge in [-0.1, -0.05) is 88.3 Å². The summed E-state index contributed by atoms with van der Waals surface area (Å²) in [4.78, 5) is 0. The van der Waals surface area contributed by atoms with Crippen LogP contribution in [0, 0.1) is 11.8 Å². The van der Waals surface area contributed by atoms with Gasteiger partial charge in [0.25, 0.3) is 0 Å². The average molecular weight is 401 g/mol. The van der Waals surface area contributed by atoms with Gasteiger partial charge in [0.05, 0.1) is 12.7 Å². The van der Waals surface area contributed by atoms with Gasteiger partial charge < -0.3 is 4.74 Å². The van der Waals surface area contributed by atoms with Crippen molar-refractivity contribution in [3.63, 3.8) is 0 Å². The van der Waals surface area contributed by atoms with Crippen LogP contribution in [0.5, 0.6) is 0 Å². The molecular formula is C26H34F2O. The molecule has 2 atom stereocenters. The highest BCUT2D eigenvalue weighted by Gasteiger charge is 2.43. The van der Waals surface area contributed by atoms with E-state index in [1.54, 1.807) is 6.08 Å². The van der Waals surface area contributed by atoms with Crippen LogP contribution in [0.3, 0.4) is 0 Å². The molecule has 3 heteroatoms. The number of ether oxygens (including phenoxy) is 1. The largest absolute Gasteiger partial charge is 0.497 e. The third-order valence-electron chi connectivity index (χ3n) is 5.44. The Morgan fingerprint density at radius 2 is 1.55 bits per heavy atom. The van der Waals surface area contributed by atoms with Gasteiger partial charge in [-0.15, -0.1) is 0 Å². The second kappa shape index (κ2) is 12.5. The molecule has 29 heavy (non-hydrogen) atoms. The molecule has 2 rings (SSSR count). The van der Waals surface area contributed by atoms with E-state index in [2.05, 4.69) is 18.8 Å². The molecule has 1 aliphatic carbocycles. The van der Waals surface area contributed by atoms with Gasteiger partial charge >= 0.3 is 0 Å².